The quantitative estimate of drug-likeness (QED) is 0.654. The molecular formula is C20H21NO3. The number of nitrogens with one attached hydrogen (secondary N) is 1. The third-order valence-corrected chi connectivity index (χ3v) is 3.61. The van der Waals surface area contributed by atoms with Crippen LogP contribution in [0.3, 0.4) is 0 Å². The van der Waals surface area contributed by atoms with E-state index in [1.165, 1.54) is 6.08 Å². The fourth-order valence-electron chi connectivity index (χ4n) is 2.22. The molecule has 1 amide bonds. The summed E-state index contributed by atoms with van der Waals surface area (Å²) in [5.41, 5.74) is 3.00. The maximum atomic E-state index is 11.8. The van der Waals surface area contributed by atoms with Crippen LogP contribution in [0.4, 0.5) is 0 Å². The van der Waals surface area contributed by atoms with E-state index in [0.29, 0.717) is 0 Å². The van der Waals surface area contributed by atoms with E-state index in [-0.39, 0.29) is 18.6 Å². The minimum atomic E-state index is -0.541. The maximum absolute atomic E-state index is 11.8. The Morgan fingerprint density at radius 2 is 1.75 bits per heavy atom. The number of ether oxygens (including phenoxy) is 1. The molecule has 0 radical (unpaired) electrons. The number of rotatable bonds is 6. The Kier molecular flexibility index (Phi) is 6.32. The first-order chi connectivity index (χ1) is 11.6. The molecule has 0 unspecified atom stereocenters. The molecule has 24 heavy (non-hydrogen) atoms. The number of esters is 1. The third-order valence-electron chi connectivity index (χ3n) is 3.61. The molecule has 1 atom stereocenters. The lowest BCUT2D eigenvalue weighted by Crippen LogP contribution is -2.30. The second-order valence-corrected chi connectivity index (χ2v) is 5.50. The van der Waals surface area contributed by atoms with Gasteiger partial charge in [0.25, 0.3) is 5.91 Å². The smallest absolute Gasteiger partial charge is 0.331 e. The molecule has 124 valence electrons. The van der Waals surface area contributed by atoms with Gasteiger partial charge in [-0.2, -0.15) is 0 Å². The Labute approximate surface area is 142 Å². The largest absolute Gasteiger partial charge is 0.452 e. The Bertz CT molecular complexity index is 723. The predicted octanol–water partition coefficient (Wildman–Crippen LogP) is 3.43. The molecule has 4 nitrogen and oxygen atoms in total. The first kappa shape index (κ1) is 17.5. The Balaban J connectivity index is 1.79. The van der Waals surface area contributed by atoms with E-state index >= 15 is 0 Å². The van der Waals surface area contributed by atoms with E-state index in [2.05, 4.69) is 5.32 Å². The van der Waals surface area contributed by atoms with Crippen molar-refractivity contribution in [2.24, 2.45) is 0 Å². The normalized spacial score (nSPS) is 11.9. The van der Waals surface area contributed by atoms with Crippen molar-refractivity contribution in [1.29, 1.82) is 0 Å². The summed E-state index contributed by atoms with van der Waals surface area (Å²) in [4.78, 5) is 23.5. The Morgan fingerprint density at radius 3 is 2.46 bits per heavy atom. The van der Waals surface area contributed by atoms with Gasteiger partial charge in [0.15, 0.2) is 6.61 Å². The molecule has 2 rings (SSSR count). The van der Waals surface area contributed by atoms with Crippen molar-refractivity contribution in [2.45, 2.75) is 19.9 Å². The van der Waals surface area contributed by atoms with Crippen LogP contribution in [0.15, 0.2) is 60.7 Å². The molecule has 0 saturated carbocycles. The first-order valence-electron chi connectivity index (χ1n) is 7.81. The molecule has 2 aromatic carbocycles. The minimum absolute atomic E-state index is 0.139. The first-order valence-corrected chi connectivity index (χ1v) is 7.81. The number of hydrogen-bond donors (Lipinski definition) is 1. The lowest BCUT2D eigenvalue weighted by molar-refractivity contribution is -0.144. The standard InChI is InChI=1S/C20H21NO3/c1-15-8-6-7-9-17(15)12-13-20(23)24-14-19(22)21-16(2)18-10-4-3-5-11-18/h3-13,16H,14H2,1-2H3,(H,21,22)/b13-12+/t16-/m0/s1. The summed E-state index contributed by atoms with van der Waals surface area (Å²) >= 11 is 0. The minimum Gasteiger partial charge on any atom is -0.452 e. The van der Waals surface area contributed by atoms with Crippen LogP contribution in [-0.2, 0) is 14.3 Å². The van der Waals surface area contributed by atoms with Crippen LogP contribution in [-0.4, -0.2) is 18.5 Å². The zero-order chi connectivity index (χ0) is 17.4. The van der Waals surface area contributed by atoms with Gasteiger partial charge in [-0.05, 0) is 36.6 Å². The van der Waals surface area contributed by atoms with Crippen molar-refractivity contribution in [1.82, 2.24) is 5.32 Å². The Hall–Kier alpha value is -2.88. The highest BCUT2D eigenvalue weighted by molar-refractivity contribution is 5.89. The van der Waals surface area contributed by atoms with Gasteiger partial charge >= 0.3 is 5.97 Å². The van der Waals surface area contributed by atoms with Crippen molar-refractivity contribution in [3.05, 3.63) is 77.4 Å². The number of carbonyl (C=O) groups is 2. The number of carbonyl (C=O) groups excluding carboxylic acids is 2. The highest BCUT2D eigenvalue weighted by Crippen LogP contribution is 2.11. The zero-order valence-corrected chi connectivity index (χ0v) is 13.9. The molecule has 0 aliphatic heterocycles. The van der Waals surface area contributed by atoms with Gasteiger partial charge in [-0.1, -0.05) is 54.6 Å². The summed E-state index contributed by atoms with van der Waals surface area (Å²) in [6, 6.07) is 17.2. The number of hydrogen-bond acceptors (Lipinski definition) is 3. The molecule has 0 aliphatic rings. The average molecular weight is 323 g/mol. The van der Waals surface area contributed by atoms with Crippen LogP contribution < -0.4 is 5.32 Å². The fraction of sp³-hybridized carbons (Fsp3) is 0.200. The molecule has 0 saturated heterocycles. The molecule has 0 heterocycles. The van der Waals surface area contributed by atoms with Crippen molar-refractivity contribution in [3.8, 4) is 0 Å². The van der Waals surface area contributed by atoms with Crippen molar-refractivity contribution in [2.75, 3.05) is 6.61 Å². The van der Waals surface area contributed by atoms with Gasteiger partial charge in [0.1, 0.15) is 0 Å². The predicted molar refractivity (Wildman–Crippen MR) is 94.2 cm³/mol. The summed E-state index contributed by atoms with van der Waals surface area (Å²) in [7, 11) is 0. The van der Waals surface area contributed by atoms with Crippen LogP contribution in [0.5, 0.6) is 0 Å². The van der Waals surface area contributed by atoms with Gasteiger partial charge < -0.3 is 10.1 Å². The average Bonchev–Trinajstić information content (AvgIpc) is 2.60. The SMILES string of the molecule is Cc1ccccc1/C=C/C(=O)OCC(=O)N[C@@H](C)c1ccccc1. The lowest BCUT2D eigenvalue weighted by atomic mass is 10.1. The van der Waals surface area contributed by atoms with Crippen LogP contribution in [0.25, 0.3) is 6.08 Å². The molecule has 4 heteroatoms. The topological polar surface area (TPSA) is 55.4 Å². The van der Waals surface area contributed by atoms with E-state index in [0.717, 1.165) is 16.7 Å². The zero-order valence-electron chi connectivity index (χ0n) is 13.9. The van der Waals surface area contributed by atoms with Gasteiger partial charge in [-0.15, -0.1) is 0 Å². The fourth-order valence-corrected chi connectivity index (χ4v) is 2.22. The second kappa shape index (κ2) is 8.67. The van der Waals surface area contributed by atoms with Gasteiger partial charge in [0.05, 0.1) is 6.04 Å². The molecule has 1 N–H and O–H groups in total. The van der Waals surface area contributed by atoms with Crippen LogP contribution in [0, 0.1) is 6.92 Å². The summed E-state index contributed by atoms with van der Waals surface area (Å²) in [6.07, 6.45) is 3.01. The highest BCUT2D eigenvalue weighted by atomic mass is 16.5. The van der Waals surface area contributed by atoms with Crippen LogP contribution >= 0.6 is 0 Å². The summed E-state index contributed by atoms with van der Waals surface area (Å²) in [6.45, 7) is 3.55. The van der Waals surface area contributed by atoms with Crippen molar-refractivity contribution in [3.63, 3.8) is 0 Å². The summed E-state index contributed by atoms with van der Waals surface area (Å²) in [5, 5.41) is 2.79. The van der Waals surface area contributed by atoms with Gasteiger partial charge in [-0.3, -0.25) is 4.79 Å². The van der Waals surface area contributed by atoms with Gasteiger partial charge in [-0.25, -0.2) is 4.79 Å². The van der Waals surface area contributed by atoms with Crippen molar-refractivity contribution >= 4 is 18.0 Å². The third kappa shape index (κ3) is 5.39. The van der Waals surface area contributed by atoms with Gasteiger partial charge in [0, 0.05) is 6.08 Å². The number of amides is 1. The molecule has 0 aliphatic carbocycles. The summed E-state index contributed by atoms with van der Waals surface area (Å²) in [5.74, 6) is -0.871. The molecule has 0 spiro atoms. The van der Waals surface area contributed by atoms with E-state index < -0.39 is 5.97 Å². The number of benzene rings is 2. The van der Waals surface area contributed by atoms with E-state index in [1.54, 1.807) is 6.08 Å². The van der Waals surface area contributed by atoms with Gasteiger partial charge in [0.2, 0.25) is 0 Å². The lowest BCUT2D eigenvalue weighted by Gasteiger charge is -2.13. The molecule has 2 aromatic rings. The van der Waals surface area contributed by atoms with Crippen LogP contribution in [0.1, 0.15) is 29.7 Å². The molecular weight excluding hydrogens is 302 g/mol. The number of aryl methyl sites for hydroxylation is 1. The second-order valence-electron chi connectivity index (χ2n) is 5.50. The molecule has 0 aromatic heterocycles. The van der Waals surface area contributed by atoms with Crippen LogP contribution in [0.2, 0.25) is 0 Å². The maximum Gasteiger partial charge on any atom is 0.331 e. The summed E-state index contributed by atoms with van der Waals surface area (Å²) < 4.78 is 4.96. The monoisotopic (exact) mass is 323 g/mol. The van der Waals surface area contributed by atoms with E-state index in [4.69, 9.17) is 4.74 Å². The van der Waals surface area contributed by atoms with E-state index in [9.17, 15) is 9.59 Å². The van der Waals surface area contributed by atoms with Crippen molar-refractivity contribution < 1.29 is 14.3 Å². The van der Waals surface area contributed by atoms with E-state index in [1.807, 2.05) is 68.4 Å². The Morgan fingerprint density at radius 1 is 1.08 bits per heavy atom. The molecule has 0 bridgehead atoms. The highest BCUT2D eigenvalue weighted by Gasteiger charge is 2.10. The molecule has 0 fully saturated rings.